The Bertz CT molecular complexity index is 650. The number of amides is 1. The number of aliphatic carboxylic acids is 1. The fourth-order valence-corrected chi connectivity index (χ4v) is 2.23. The van der Waals surface area contributed by atoms with Gasteiger partial charge < -0.3 is 24.7 Å². The van der Waals surface area contributed by atoms with Gasteiger partial charge in [0.2, 0.25) is 0 Å². The van der Waals surface area contributed by atoms with Gasteiger partial charge in [-0.05, 0) is 30.5 Å². The Labute approximate surface area is 192 Å². The first kappa shape index (κ1) is 26.7. The van der Waals surface area contributed by atoms with Crippen LogP contribution in [0.3, 0.4) is 0 Å². The number of esters is 1. The number of carboxylic acid groups (broad SMARTS) is 1. The van der Waals surface area contributed by atoms with Crippen LogP contribution in [-0.4, -0.2) is 24.3 Å². The minimum absolute atomic E-state index is 0. The summed E-state index contributed by atoms with van der Waals surface area (Å²) in [5, 5.41) is 13.9. The Balaban J connectivity index is 0.00000729. The summed E-state index contributed by atoms with van der Waals surface area (Å²) in [6, 6.07) is 6.01. The van der Waals surface area contributed by atoms with Crippen molar-refractivity contribution in [2.24, 2.45) is 11.8 Å². The van der Waals surface area contributed by atoms with Crippen molar-refractivity contribution in [3.8, 4) is 0 Å². The number of halogens is 1. The Hall–Kier alpha value is -1.28. The van der Waals surface area contributed by atoms with Gasteiger partial charge in [0.15, 0.2) is 0 Å². The van der Waals surface area contributed by atoms with Crippen molar-refractivity contribution < 1.29 is 58.5 Å². The zero-order valence-corrected chi connectivity index (χ0v) is 19.6. The van der Waals surface area contributed by atoms with Gasteiger partial charge in [0.05, 0.1) is 12.0 Å². The summed E-state index contributed by atoms with van der Waals surface area (Å²) < 4.78 is 10.4. The summed E-state index contributed by atoms with van der Waals surface area (Å²) in [6.45, 7) is 6.85. The molecule has 2 atom stereocenters. The van der Waals surface area contributed by atoms with Crippen LogP contribution in [0, 0.1) is 11.8 Å². The second-order valence-electron chi connectivity index (χ2n) is 6.77. The van der Waals surface area contributed by atoms with E-state index in [4.69, 9.17) is 21.1 Å². The fourth-order valence-electron chi connectivity index (χ4n) is 2.11. The summed E-state index contributed by atoms with van der Waals surface area (Å²) in [6.07, 6.45) is -2.00. The van der Waals surface area contributed by atoms with Gasteiger partial charge in [0, 0.05) is 16.9 Å². The summed E-state index contributed by atoms with van der Waals surface area (Å²) in [5.41, 5.74) is 0.665. The number of nitrogens with one attached hydrogen (secondary N) is 1. The standard InChI is InChI=1S/C19H26ClNO6.Na/c1-11(2)17(24)26-18(12(3)4)27-19(25)21-15(9-10-16(22)23)13-5-7-14(20)8-6-13;/h5-8,11-12,15,18H,9-10H2,1-4H3,(H,21,25)(H,22,23);/q;+1/p-1. The number of ether oxygens (including phenoxy) is 2. The molecule has 0 heterocycles. The number of alkyl carbamates (subject to hydrolysis) is 1. The quantitative estimate of drug-likeness (QED) is 0.337. The van der Waals surface area contributed by atoms with Crippen LogP contribution in [0.15, 0.2) is 24.3 Å². The van der Waals surface area contributed by atoms with Crippen molar-refractivity contribution in [3.05, 3.63) is 34.9 Å². The van der Waals surface area contributed by atoms with Gasteiger partial charge in [-0.15, -0.1) is 0 Å². The number of carboxylic acids is 1. The van der Waals surface area contributed by atoms with Gasteiger partial charge in [0.25, 0.3) is 6.29 Å². The summed E-state index contributed by atoms with van der Waals surface area (Å²) >= 11 is 5.86. The first-order chi connectivity index (χ1) is 12.6. The molecule has 28 heavy (non-hydrogen) atoms. The van der Waals surface area contributed by atoms with Crippen molar-refractivity contribution in [1.29, 1.82) is 0 Å². The summed E-state index contributed by atoms with van der Waals surface area (Å²) in [7, 11) is 0. The molecule has 9 heteroatoms. The maximum Gasteiger partial charge on any atom is 1.00 e. The van der Waals surface area contributed by atoms with E-state index in [0.29, 0.717) is 10.6 Å². The predicted octanol–water partition coefficient (Wildman–Crippen LogP) is -0.177. The van der Waals surface area contributed by atoms with E-state index in [2.05, 4.69) is 5.32 Å². The SMILES string of the molecule is CC(C)C(=O)OC(OC(=O)NC(CCC(=O)[O-])c1ccc(Cl)cc1)C(C)C.[Na+]. The zero-order valence-electron chi connectivity index (χ0n) is 16.9. The van der Waals surface area contributed by atoms with Crippen LogP contribution in [0.1, 0.15) is 52.1 Å². The van der Waals surface area contributed by atoms with E-state index in [0.717, 1.165) is 0 Å². The Kier molecular flexibility index (Phi) is 12.4. The Morgan fingerprint density at radius 1 is 1.07 bits per heavy atom. The van der Waals surface area contributed by atoms with E-state index in [-0.39, 0.29) is 54.2 Å². The van der Waals surface area contributed by atoms with Gasteiger partial charge >= 0.3 is 41.6 Å². The minimum Gasteiger partial charge on any atom is -0.550 e. The van der Waals surface area contributed by atoms with Gasteiger partial charge in [-0.3, -0.25) is 4.79 Å². The van der Waals surface area contributed by atoms with E-state index >= 15 is 0 Å². The predicted molar refractivity (Wildman–Crippen MR) is 97.6 cm³/mol. The van der Waals surface area contributed by atoms with Crippen LogP contribution < -0.4 is 40.0 Å². The largest absolute Gasteiger partial charge is 1.00 e. The molecule has 1 rings (SSSR count). The van der Waals surface area contributed by atoms with Crippen LogP contribution in [-0.2, 0) is 19.1 Å². The molecule has 0 aliphatic carbocycles. The van der Waals surface area contributed by atoms with Crippen molar-refractivity contribution in [2.75, 3.05) is 0 Å². The molecule has 0 radical (unpaired) electrons. The van der Waals surface area contributed by atoms with Crippen molar-refractivity contribution in [1.82, 2.24) is 5.32 Å². The average Bonchev–Trinajstić information content (AvgIpc) is 2.58. The zero-order chi connectivity index (χ0) is 20.6. The van der Waals surface area contributed by atoms with Gasteiger partial charge in [-0.2, -0.15) is 0 Å². The molecule has 0 saturated carbocycles. The molecule has 0 bridgehead atoms. The van der Waals surface area contributed by atoms with E-state index < -0.39 is 30.4 Å². The number of hydrogen-bond donors (Lipinski definition) is 1. The normalized spacial score (nSPS) is 12.7. The second kappa shape index (κ2) is 13.0. The molecule has 1 amide bonds. The molecule has 2 unspecified atom stereocenters. The third-order valence-electron chi connectivity index (χ3n) is 3.67. The average molecular weight is 422 g/mol. The topological polar surface area (TPSA) is 105 Å². The van der Waals surface area contributed by atoms with Crippen molar-refractivity contribution in [3.63, 3.8) is 0 Å². The number of carbonyl (C=O) groups excluding carboxylic acids is 3. The van der Waals surface area contributed by atoms with Gasteiger partial charge in [-0.1, -0.05) is 51.4 Å². The Morgan fingerprint density at radius 2 is 1.64 bits per heavy atom. The minimum atomic E-state index is -1.23. The van der Waals surface area contributed by atoms with Crippen molar-refractivity contribution >= 4 is 29.6 Å². The van der Waals surface area contributed by atoms with E-state index in [1.807, 2.05) is 0 Å². The molecule has 0 fully saturated rings. The number of benzene rings is 1. The molecular formula is C19H25ClNNaO6. The monoisotopic (exact) mass is 421 g/mol. The van der Waals surface area contributed by atoms with E-state index in [1.165, 1.54) is 0 Å². The molecule has 0 spiro atoms. The molecule has 1 N–H and O–H groups in total. The first-order valence-corrected chi connectivity index (χ1v) is 9.11. The molecule has 0 aliphatic heterocycles. The van der Waals surface area contributed by atoms with Gasteiger partial charge in [-0.25, -0.2) is 4.79 Å². The van der Waals surface area contributed by atoms with Crippen LogP contribution >= 0.6 is 11.6 Å². The van der Waals surface area contributed by atoms with Crippen LogP contribution in [0.25, 0.3) is 0 Å². The molecular weight excluding hydrogens is 397 g/mol. The third kappa shape index (κ3) is 9.78. The molecule has 1 aromatic rings. The van der Waals surface area contributed by atoms with E-state index in [9.17, 15) is 19.5 Å². The number of rotatable bonds is 9. The maximum atomic E-state index is 12.3. The molecule has 7 nitrogen and oxygen atoms in total. The molecule has 1 aromatic carbocycles. The number of hydrogen-bond acceptors (Lipinski definition) is 6. The summed E-state index contributed by atoms with van der Waals surface area (Å²) in [5.74, 6) is -2.32. The molecule has 0 aromatic heterocycles. The second-order valence-corrected chi connectivity index (χ2v) is 7.20. The Morgan fingerprint density at radius 3 is 2.11 bits per heavy atom. The van der Waals surface area contributed by atoms with Crippen LogP contribution in [0.5, 0.6) is 0 Å². The molecule has 0 aliphatic rings. The van der Waals surface area contributed by atoms with Crippen molar-refractivity contribution in [2.45, 2.75) is 52.9 Å². The van der Waals surface area contributed by atoms with Crippen LogP contribution in [0.2, 0.25) is 5.02 Å². The maximum absolute atomic E-state index is 12.3. The smallest absolute Gasteiger partial charge is 0.550 e. The van der Waals surface area contributed by atoms with Crippen LogP contribution in [0.4, 0.5) is 4.79 Å². The first-order valence-electron chi connectivity index (χ1n) is 8.73. The third-order valence-corrected chi connectivity index (χ3v) is 3.92. The number of carbonyl (C=O) groups is 3. The van der Waals surface area contributed by atoms with E-state index in [1.54, 1.807) is 52.0 Å². The summed E-state index contributed by atoms with van der Waals surface area (Å²) in [4.78, 5) is 34.9. The molecule has 0 saturated heterocycles. The van der Waals surface area contributed by atoms with Gasteiger partial charge in [0.1, 0.15) is 0 Å². The molecule has 150 valence electrons. The fraction of sp³-hybridized carbons (Fsp3) is 0.526.